The zero-order chi connectivity index (χ0) is 21.9. The number of urea groups is 2. The van der Waals surface area contributed by atoms with Crippen LogP contribution in [0.5, 0.6) is 0 Å². The first-order valence-corrected chi connectivity index (χ1v) is 9.02. The van der Waals surface area contributed by atoms with Crippen LogP contribution >= 0.6 is 0 Å². The lowest BCUT2D eigenvalue weighted by Gasteiger charge is -2.37. The van der Waals surface area contributed by atoms with E-state index in [9.17, 15) is 33.0 Å². The summed E-state index contributed by atoms with van der Waals surface area (Å²) in [4.78, 5) is 28.9. The summed E-state index contributed by atoms with van der Waals surface area (Å²) < 4.78 is 39.1. The van der Waals surface area contributed by atoms with Crippen LogP contribution in [-0.2, 0) is 6.18 Å². The molecule has 0 saturated carbocycles. The summed E-state index contributed by atoms with van der Waals surface area (Å²) in [6.45, 7) is 4.18. The zero-order valence-electron chi connectivity index (χ0n) is 16.3. The number of nitrogens with zero attached hydrogens (tertiary/aromatic N) is 3. The van der Waals surface area contributed by atoms with Gasteiger partial charge >= 0.3 is 18.2 Å². The van der Waals surface area contributed by atoms with Crippen molar-refractivity contribution < 1.29 is 33.0 Å². The number of aliphatic hydroxyl groups excluding tert-OH is 2. The summed E-state index contributed by atoms with van der Waals surface area (Å²) in [7, 11) is 0. The number of hydrogen-bond acceptors (Lipinski definition) is 4. The summed E-state index contributed by atoms with van der Waals surface area (Å²) >= 11 is 0. The molecule has 10 heteroatoms. The number of anilines is 1. The lowest BCUT2D eigenvalue weighted by atomic mass is 10.1. The first-order chi connectivity index (χ1) is 13.4. The molecule has 7 nitrogen and oxygen atoms in total. The van der Waals surface area contributed by atoms with Crippen molar-refractivity contribution in [3.8, 4) is 0 Å². The number of benzene rings is 1. The number of halogens is 3. The molecule has 0 fully saturated rings. The van der Waals surface area contributed by atoms with Crippen LogP contribution in [-0.4, -0.2) is 63.9 Å². The van der Waals surface area contributed by atoms with Crippen LogP contribution < -0.4 is 4.90 Å². The van der Waals surface area contributed by atoms with Crippen molar-refractivity contribution in [2.75, 3.05) is 24.5 Å². The number of carbonyl (C=O) groups excluding carboxylic acids is 2. The molecule has 1 heterocycles. The number of rotatable bonds is 5. The summed E-state index contributed by atoms with van der Waals surface area (Å²) in [6, 6.07) is 2.71. The third-order valence-electron chi connectivity index (χ3n) is 4.25. The van der Waals surface area contributed by atoms with Crippen LogP contribution in [0.15, 0.2) is 36.0 Å². The van der Waals surface area contributed by atoms with Crippen molar-refractivity contribution in [2.24, 2.45) is 0 Å². The van der Waals surface area contributed by atoms with Gasteiger partial charge in [-0.3, -0.25) is 4.90 Å². The average molecular weight is 415 g/mol. The molecule has 1 aromatic rings. The Morgan fingerprint density at radius 3 is 2.31 bits per heavy atom. The van der Waals surface area contributed by atoms with E-state index in [1.54, 1.807) is 13.0 Å². The number of aliphatic hydroxyl groups is 2. The molecular formula is C19H24F3N3O4. The molecule has 160 valence electrons. The molecule has 4 amide bonds. The average Bonchev–Trinajstić information content (AvgIpc) is 2.59. The molecule has 0 aliphatic carbocycles. The summed E-state index contributed by atoms with van der Waals surface area (Å²) in [6.07, 6.45) is -4.82. The first kappa shape index (κ1) is 22.7. The second kappa shape index (κ2) is 8.83. The Balaban J connectivity index is 2.35. The molecule has 0 radical (unpaired) electrons. The maximum atomic E-state index is 13.0. The smallest absolute Gasteiger partial charge is 0.392 e. The quantitative estimate of drug-likeness (QED) is 0.774. The van der Waals surface area contributed by atoms with Gasteiger partial charge in [-0.05, 0) is 45.0 Å². The number of alkyl halides is 3. The number of carbonyl (C=O) groups is 2. The van der Waals surface area contributed by atoms with Gasteiger partial charge in [0.25, 0.3) is 0 Å². The highest BCUT2D eigenvalue weighted by Gasteiger charge is 2.36. The van der Waals surface area contributed by atoms with Crippen LogP contribution in [0.4, 0.5) is 28.4 Å². The van der Waals surface area contributed by atoms with E-state index in [4.69, 9.17) is 0 Å². The molecular weight excluding hydrogens is 391 g/mol. The zero-order valence-corrected chi connectivity index (χ0v) is 16.3. The van der Waals surface area contributed by atoms with E-state index >= 15 is 0 Å². The molecule has 2 atom stereocenters. The number of amides is 4. The van der Waals surface area contributed by atoms with Gasteiger partial charge in [0.05, 0.1) is 30.0 Å². The van der Waals surface area contributed by atoms with Gasteiger partial charge in [-0.2, -0.15) is 13.2 Å². The second-order valence-electron chi connectivity index (χ2n) is 7.01. The van der Waals surface area contributed by atoms with Gasteiger partial charge in [-0.15, -0.1) is 0 Å². The van der Waals surface area contributed by atoms with Crippen LogP contribution in [0.25, 0.3) is 0 Å². The summed E-state index contributed by atoms with van der Waals surface area (Å²) in [5.74, 6) is 0. The van der Waals surface area contributed by atoms with Gasteiger partial charge in [-0.25, -0.2) is 14.5 Å². The second-order valence-corrected chi connectivity index (χ2v) is 7.01. The van der Waals surface area contributed by atoms with E-state index in [1.807, 2.05) is 0 Å². The normalized spacial score (nSPS) is 17.1. The van der Waals surface area contributed by atoms with E-state index < -0.39 is 36.0 Å². The predicted molar refractivity (Wildman–Crippen MR) is 100 cm³/mol. The minimum Gasteiger partial charge on any atom is -0.392 e. The molecule has 1 aliphatic heterocycles. The number of hydrogen-bond donors (Lipinski definition) is 2. The van der Waals surface area contributed by atoms with Crippen LogP contribution in [0.2, 0.25) is 0 Å². The van der Waals surface area contributed by atoms with E-state index in [1.165, 1.54) is 26.0 Å². The lowest BCUT2D eigenvalue weighted by molar-refractivity contribution is -0.137. The number of imide groups is 1. The van der Waals surface area contributed by atoms with Crippen LogP contribution in [0.3, 0.4) is 0 Å². The van der Waals surface area contributed by atoms with E-state index in [-0.39, 0.29) is 25.3 Å². The Bertz CT molecular complexity index is 783. The largest absolute Gasteiger partial charge is 0.416 e. The van der Waals surface area contributed by atoms with Crippen molar-refractivity contribution in [3.63, 3.8) is 0 Å². The van der Waals surface area contributed by atoms with Crippen LogP contribution in [0.1, 0.15) is 26.3 Å². The Morgan fingerprint density at radius 1 is 1.21 bits per heavy atom. The number of allylic oxidation sites excluding steroid dienone is 1. The third-order valence-corrected chi connectivity index (χ3v) is 4.25. The molecule has 2 unspecified atom stereocenters. The van der Waals surface area contributed by atoms with Crippen LogP contribution in [0, 0.1) is 0 Å². The molecule has 0 bridgehead atoms. The topological polar surface area (TPSA) is 84.3 Å². The summed E-state index contributed by atoms with van der Waals surface area (Å²) in [5.41, 5.74) is -0.548. The minimum atomic E-state index is -4.58. The minimum absolute atomic E-state index is 0.0197. The maximum absolute atomic E-state index is 13.0. The molecule has 29 heavy (non-hydrogen) atoms. The van der Waals surface area contributed by atoms with E-state index in [0.717, 1.165) is 26.8 Å². The van der Waals surface area contributed by atoms with Gasteiger partial charge in [0.1, 0.15) is 0 Å². The fourth-order valence-electron chi connectivity index (χ4n) is 3.00. The Kier molecular flexibility index (Phi) is 6.91. The molecule has 0 spiro atoms. The predicted octanol–water partition coefficient (Wildman–Crippen LogP) is 3.03. The van der Waals surface area contributed by atoms with Crippen molar-refractivity contribution in [1.29, 1.82) is 0 Å². The highest BCUT2D eigenvalue weighted by atomic mass is 19.4. The van der Waals surface area contributed by atoms with Gasteiger partial charge in [0, 0.05) is 18.8 Å². The standard InChI is InChI=1S/C19H24F3N3O4/c1-12-7-8-24(17(28)23(10-13(2)26)11-14(3)27)18(29)25(12)16-6-4-5-15(9-16)19(20,21)22/h4-7,9,13-14,26-27H,8,10-11H2,1-3H3. The van der Waals surface area contributed by atoms with Gasteiger partial charge < -0.3 is 15.1 Å². The fourth-order valence-corrected chi connectivity index (χ4v) is 3.00. The van der Waals surface area contributed by atoms with Gasteiger partial charge in [0.2, 0.25) is 0 Å². The van der Waals surface area contributed by atoms with Gasteiger partial charge in [0.15, 0.2) is 0 Å². The van der Waals surface area contributed by atoms with Crippen molar-refractivity contribution in [3.05, 3.63) is 41.6 Å². The lowest BCUT2D eigenvalue weighted by Crippen LogP contribution is -2.55. The van der Waals surface area contributed by atoms with Crippen molar-refractivity contribution in [1.82, 2.24) is 9.80 Å². The fraction of sp³-hybridized carbons (Fsp3) is 0.474. The maximum Gasteiger partial charge on any atom is 0.416 e. The summed E-state index contributed by atoms with van der Waals surface area (Å²) in [5, 5.41) is 19.2. The van der Waals surface area contributed by atoms with E-state index in [2.05, 4.69) is 0 Å². The molecule has 1 aliphatic rings. The monoisotopic (exact) mass is 415 g/mol. The Morgan fingerprint density at radius 2 is 1.79 bits per heavy atom. The Hall–Kier alpha value is -2.59. The first-order valence-electron chi connectivity index (χ1n) is 9.02. The molecule has 0 aromatic heterocycles. The molecule has 2 N–H and O–H groups in total. The molecule has 0 saturated heterocycles. The van der Waals surface area contributed by atoms with Gasteiger partial charge in [-0.1, -0.05) is 6.07 Å². The molecule has 1 aromatic carbocycles. The highest BCUT2D eigenvalue weighted by Crippen LogP contribution is 2.33. The van der Waals surface area contributed by atoms with Crippen molar-refractivity contribution >= 4 is 17.7 Å². The SMILES string of the molecule is CC1=CCN(C(=O)N(CC(C)O)CC(C)O)C(=O)N1c1cccc(C(F)(F)F)c1. The highest BCUT2D eigenvalue weighted by molar-refractivity contribution is 6.05. The third kappa shape index (κ3) is 5.48. The Labute approximate surface area is 166 Å². The van der Waals surface area contributed by atoms with Crippen molar-refractivity contribution in [2.45, 2.75) is 39.2 Å². The van der Waals surface area contributed by atoms with E-state index in [0.29, 0.717) is 5.70 Å². The molecule has 2 rings (SSSR count).